The monoisotopic (exact) mass is 455 g/mol. The lowest BCUT2D eigenvalue weighted by Crippen LogP contribution is -2.43. The summed E-state index contributed by atoms with van der Waals surface area (Å²) in [6.45, 7) is 2.34. The number of H-pyrrole nitrogens is 1. The lowest BCUT2D eigenvalue weighted by Gasteiger charge is -2.31. The Bertz CT molecular complexity index is 1210. The average molecular weight is 456 g/mol. The summed E-state index contributed by atoms with van der Waals surface area (Å²) in [5.74, 6) is 1.19. The molecule has 1 aromatic heterocycles. The molecule has 0 spiro atoms. The molecule has 1 unspecified atom stereocenters. The molecule has 0 aliphatic carbocycles. The maximum Gasteiger partial charge on any atom is 0.243 e. The van der Waals surface area contributed by atoms with E-state index in [9.17, 15) is 13.2 Å². The van der Waals surface area contributed by atoms with Crippen LogP contribution in [0.25, 0.3) is 11.4 Å². The summed E-state index contributed by atoms with van der Waals surface area (Å²) in [7, 11) is -2.16. The Labute approximate surface area is 186 Å². The number of methoxy groups -OCH3 is 1. The summed E-state index contributed by atoms with van der Waals surface area (Å²) in [6, 6.07) is 13.5. The number of nitrogens with zero attached hydrogens (tertiary/aromatic N) is 3. The van der Waals surface area contributed by atoms with Crippen LogP contribution in [0.4, 0.5) is 5.69 Å². The van der Waals surface area contributed by atoms with Crippen LogP contribution in [-0.2, 0) is 14.8 Å². The van der Waals surface area contributed by atoms with Gasteiger partial charge in [0.2, 0.25) is 15.9 Å². The fourth-order valence-corrected chi connectivity index (χ4v) is 5.25. The van der Waals surface area contributed by atoms with E-state index in [0.29, 0.717) is 42.5 Å². The number of piperidine rings is 1. The molecular formula is C22H25N5O4S. The zero-order valence-corrected chi connectivity index (χ0v) is 18.7. The minimum atomic E-state index is -3.69. The van der Waals surface area contributed by atoms with Gasteiger partial charge in [-0.15, -0.1) is 0 Å². The fourth-order valence-electron chi connectivity index (χ4n) is 3.72. The van der Waals surface area contributed by atoms with E-state index in [1.54, 1.807) is 24.3 Å². The molecule has 10 heteroatoms. The van der Waals surface area contributed by atoms with E-state index in [4.69, 9.17) is 4.74 Å². The van der Waals surface area contributed by atoms with Crippen molar-refractivity contribution < 1.29 is 17.9 Å². The highest BCUT2D eigenvalue weighted by atomic mass is 32.2. The third-order valence-corrected chi connectivity index (χ3v) is 7.32. The second-order valence-electron chi connectivity index (χ2n) is 7.69. The van der Waals surface area contributed by atoms with Gasteiger partial charge < -0.3 is 10.1 Å². The van der Waals surface area contributed by atoms with Crippen molar-refractivity contribution in [2.75, 3.05) is 25.5 Å². The van der Waals surface area contributed by atoms with Crippen molar-refractivity contribution in [2.45, 2.75) is 24.7 Å². The number of sulfonamides is 1. The van der Waals surface area contributed by atoms with Gasteiger partial charge in [-0.05, 0) is 56.2 Å². The average Bonchev–Trinajstić information content (AvgIpc) is 3.25. The normalized spacial score (nSPS) is 17.1. The summed E-state index contributed by atoms with van der Waals surface area (Å²) in [5.41, 5.74) is 1.39. The highest BCUT2D eigenvalue weighted by Crippen LogP contribution is 2.26. The number of hydrogen-bond donors (Lipinski definition) is 2. The number of aromatic amines is 1. The van der Waals surface area contributed by atoms with Gasteiger partial charge in [0.15, 0.2) is 5.82 Å². The highest BCUT2D eigenvalue weighted by Gasteiger charge is 2.33. The van der Waals surface area contributed by atoms with Gasteiger partial charge in [-0.2, -0.15) is 9.40 Å². The van der Waals surface area contributed by atoms with Crippen LogP contribution in [0.1, 0.15) is 18.7 Å². The Morgan fingerprint density at radius 3 is 2.69 bits per heavy atom. The Balaban J connectivity index is 1.45. The molecule has 1 aliphatic rings. The minimum Gasteiger partial charge on any atom is -0.497 e. The van der Waals surface area contributed by atoms with Crippen molar-refractivity contribution in [3.05, 3.63) is 54.4 Å². The molecule has 1 fully saturated rings. The SMILES string of the molecule is COc1ccc(S(=O)(=O)N2CCCC(C(=O)Nc3cccc(-c4n[nH]c(C)n4)c3)C2)cc1. The van der Waals surface area contributed by atoms with Gasteiger partial charge in [0.25, 0.3) is 0 Å². The van der Waals surface area contributed by atoms with Crippen LogP contribution in [0.5, 0.6) is 5.75 Å². The lowest BCUT2D eigenvalue weighted by molar-refractivity contribution is -0.120. The third kappa shape index (κ3) is 4.66. The zero-order chi connectivity index (χ0) is 22.7. The number of anilines is 1. The first-order chi connectivity index (χ1) is 15.4. The highest BCUT2D eigenvalue weighted by molar-refractivity contribution is 7.89. The number of rotatable bonds is 6. The summed E-state index contributed by atoms with van der Waals surface area (Å²) in [4.78, 5) is 17.4. The van der Waals surface area contributed by atoms with Gasteiger partial charge in [0.05, 0.1) is 17.9 Å². The van der Waals surface area contributed by atoms with Gasteiger partial charge >= 0.3 is 0 Å². The zero-order valence-electron chi connectivity index (χ0n) is 17.9. The molecule has 3 aromatic rings. The number of aromatic nitrogens is 3. The van der Waals surface area contributed by atoms with Gasteiger partial charge in [-0.3, -0.25) is 9.89 Å². The predicted molar refractivity (Wildman–Crippen MR) is 120 cm³/mol. The van der Waals surface area contributed by atoms with E-state index < -0.39 is 15.9 Å². The third-order valence-electron chi connectivity index (χ3n) is 5.44. The number of ether oxygens (including phenoxy) is 1. The fraction of sp³-hybridized carbons (Fsp3) is 0.318. The number of hydrogen-bond acceptors (Lipinski definition) is 6. The lowest BCUT2D eigenvalue weighted by atomic mass is 9.98. The van der Waals surface area contributed by atoms with E-state index in [1.807, 2.05) is 19.1 Å². The van der Waals surface area contributed by atoms with Crippen molar-refractivity contribution in [3.8, 4) is 17.1 Å². The minimum absolute atomic E-state index is 0.139. The maximum atomic E-state index is 13.1. The molecule has 2 heterocycles. The molecule has 1 amide bonds. The van der Waals surface area contributed by atoms with Crippen LogP contribution >= 0.6 is 0 Å². The Hall–Kier alpha value is -3.24. The predicted octanol–water partition coefficient (Wildman–Crippen LogP) is 2.83. The summed E-state index contributed by atoms with van der Waals surface area (Å²) in [5, 5.41) is 9.86. The van der Waals surface area contributed by atoms with E-state index in [2.05, 4.69) is 20.5 Å². The number of amides is 1. The number of nitrogens with one attached hydrogen (secondary N) is 2. The van der Waals surface area contributed by atoms with E-state index in [0.717, 1.165) is 5.56 Å². The van der Waals surface area contributed by atoms with E-state index in [1.165, 1.54) is 23.5 Å². The number of carbonyl (C=O) groups excluding carboxylic acids is 1. The second kappa shape index (κ2) is 9.09. The number of aryl methyl sites for hydroxylation is 1. The Morgan fingerprint density at radius 1 is 1.22 bits per heavy atom. The van der Waals surface area contributed by atoms with Gasteiger partial charge in [0.1, 0.15) is 11.6 Å². The molecule has 2 N–H and O–H groups in total. The molecule has 168 valence electrons. The molecule has 1 saturated heterocycles. The Morgan fingerprint density at radius 2 is 2.00 bits per heavy atom. The van der Waals surface area contributed by atoms with Crippen molar-refractivity contribution in [2.24, 2.45) is 5.92 Å². The smallest absolute Gasteiger partial charge is 0.243 e. The van der Waals surface area contributed by atoms with E-state index in [-0.39, 0.29) is 17.3 Å². The first kappa shape index (κ1) is 22.0. The molecule has 0 saturated carbocycles. The van der Waals surface area contributed by atoms with Crippen molar-refractivity contribution >= 4 is 21.6 Å². The maximum absolute atomic E-state index is 13.1. The topological polar surface area (TPSA) is 117 Å². The molecule has 4 rings (SSSR count). The summed E-state index contributed by atoms with van der Waals surface area (Å²) < 4.78 is 32.6. The van der Waals surface area contributed by atoms with Crippen LogP contribution in [0.15, 0.2) is 53.4 Å². The standard InChI is InChI=1S/C22H25N5O4S/c1-15-23-21(26-25-15)16-5-3-7-18(13-16)24-22(28)17-6-4-12-27(14-17)32(29,30)20-10-8-19(31-2)9-11-20/h3,5,7-11,13,17H,4,6,12,14H2,1-2H3,(H,24,28)(H,23,25,26). The van der Waals surface area contributed by atoms with Crippen LogP contribution in [0.2, 0.25) is 0 Å². The first-order valence-corrected chi connectivity index (χ1v) is 11.8. The molecule has 1 aliphatic heterocycles. The van der Waals surface area contributed by atoms with Crippen LogP contribution in [0.3, 0.4) is 0 Å². The molecular weight excluding hydrogens is 430 g/mol. The van der Waals surface area contributed by atoms with Crippen molar-refractivity contribution in [1.82, 2.24) is 19.5 Å². The second-order valence-corrected chi connectivity index (χ2v) is 9.63. The molecule has 1 atom stereocenters. The number of carbonyl (C=O) groups is 1. The van der Waals surface area contributed by atoms with Gasteiger partial charge in [0, 0.05) is 24.3 Å². The Kier molecular flexibility index (Phi) is 6.24. The van der Waals surface area contributed by atoms with Crippen molar-refractivity contribution in [1.29, 1.82) is 0 Å². The largest absolute Gasteiger partial charge is 0.497 e. The molecule has 0 bridgehead atoms. The summed E-state index contributed by atoms with van der Waals surface area (Å²) >= 11 is 0. The van der Waals surface area contributed by atoms with Crippen LogP contribution < -0.4 is 10.1 Å². The molecule has 32 heavy (non-hydrogen) atoms. The summed E-state index contributed by atoms with van der Waals surface area (Å²) in [6.07, 6.45) is 1.24. The van der Waals surface area contributed by atoms with Gasteiger partial charge in [-0.25, -0.2) is 13.4 Å². The van der Waals surface area contributed by atoms with Crippen LogP contribution in [0, 0.1) is 12.8 Å². The van der Waals surface area contributed by atoms with Crippen molar-refractivity contribution in [3.63, 3.8) is 0 Å². The molecule has 9 nitrogen and oxygen atoms in total. The van der Waals surface area contributed by atoms with Crippen LogP contribution in [-0.4, -0.2) is 54.0 Å². The first-order valence-electron chi connectivity index (χ1n) is 10.3. The van der Waals surface area contributed by atoms with E-state index >= 15 is 0 Å². The quantitative estimate of drug-likeness (QED) is 0.590. The van der Waals surface area contributed by atoms with Gasteiger partial charge in [-0.1, -0.05) is 12.1 Å². The number of benzene rings is 2. The molecule has 0 radical (unpaired) electrons. The molecule has 2 aromatic carbocycles.